The summed E-state index contributed by atoms with van der Waals surface area (Å²) in [5, 5.41) is 21.8. The predicted molar refractivity (Wildman–Crippen MR) is 123 cm³/mol. The molecule has 5 rings (SSSR count). The van der Waals surface area contributed by atoms with E-state index < -0.39 is 11.4 Å². The minimum Gasteiger partial charge on any atom is -0.598 e. The van der Waals surface area contributed by atoms with Gasteiger partial charge in [-0.05, 0) is 44.0 Å². The Morgan fingerprint density at radius 1 is 1.19 bits per heavy atom. The summed E-state index contributed by atoms with van der Waals surface area (Å²) in [6.45, 7) is 2.28. The Kier molecular flexibility index (Phi) is 5.87. The van der Waals surface area contributed by atoms with Gasteiger partial charge in [0, 0.05) is 34.9 Å². The standard InChI is InChI=1S/C21H24N8O2S/c1-13-2-3-14-10-16(5-7-18(14)24-13)29-20-19(27-28-29)12-22-21(26-20)25-15-4-6-17(11-15)32(31)23-8-9-30/h2-3,5,7,10,12,15,17,23,30H,4,6,8-9,11H2,1H3,(H,22,25,26)/t15?,17-,32?/m1/s1. The second kappa shape index (κ2) is 8.94. The second-order valence-electron chi connectivity index (χ2n) is 7.93. The highest BCUT2D eigenvalue weighted by molar-refractivity contribution is 7.90. The van der Waals surface area contributed by atoms with Gasteiger partial charge in [0.1, 0.15) is 5.25 Å². The molecule has 1 fully saturated rings. The zero-order chi connectivity index (χ0) is 22.1. The Hall–Kier alpha value is -2.86. The highest BCUT2D eigenvalue weighted by atomic mass is 32.2. The van der Waals surface area contributed by atoms with E-state index in [4.69, 9.17) is 5.11 Å². The number of anilines is 1. The lowest BCUT2D eigenvalue weighted by atomic mass is 10.2. The van der Waals surface area contributed by atoms with Crippen molar-refractivity contribution in [2.45, 2.75) is 37.5 Å². The van der Waals surface area contributed by atoms with Crippen LogP contribution in [0.25, 0.3) is 27.8 Å². The summed E-state index contributed by atoms with van der Waals surface area (Å²) in [7, 11) is 0. The molecular formula is C21H24N8O2S. The number of nitrogens with zero attached hydrogens (tertiary/aromatic N) is 6. The monoisotopic (exact) mass is 452 g/mol. The Bertz CT molecular complexity index is 1250. The Morgan fingerprint density at radius 2 is 2.09 bits per heavy atom. The molecule has 166 valence electrons. The molecule has 0 bridgehead atoms. The van der Waals surface area contributed by atoms with Gasteiger partial charge in [-0.3, -0.25) is 4.98 Å². The van der Waals surface area contributed by atoms with E-state index in [1.54, 1.807) is 10.9 Å². The summed E-state index contributed by atoms with van der Waals surface area (Å²) in [5.41, 5.74) is 3.97. The van der Waals surface area contributed by atoms with Crippen LogP contribution in [-0.4, -0.2) is 64.0 Å². The van der Waals surface area contributed by atoms with Crippen molar-refractivity contribution < 1.29 is 9.66 Å². The molecule has 1 aromatic carbocycles. The van der Waals surface area contributed by atoms with Crippen molar-refractivity contribution in [3.63, 3.8) is 0 Å². The smallest absolute Gasteiger partial charge is 0.225 e. The number of aliphatic hydroxyl groups is 1. The summed E-state index contributed by atoms with van der Waals surface area (Å²) in [4.78, 5) is 13.6. The topological polar surface area (TPSA) is 137 Å². The van der Waals surface area contributed by atoms with Crippen molar-refractivity contribution in [3.8, 4) is 5.69 Å². The molecule has 3 N–H and O–H groups in total. The zero-order valence-electron chi connectivity index (χ0n) is 17.6. The first-order valence-electron chi connectivity index (χ1n) is 10.6. The van der Waals surface area contributed by atoms with Crippen LogP contribution in [0.1, 0.15) is 25.0 Å². The molecule has 0 saturated heterocycles. The summed E-state index contributed by atoms with van der Waals surface area (Å²) < 4.78 is 16.8. The van der Waals surface area contributed by atoms with Crippen molar-refractivity contribution in [2.24, 2.45) is 0 Å². The van der Waals surface area contributed by atoms with Crippen LogP contribution in [-0.2, 0) is 11.4 Å². The van der Waals surface area contributed by atoms with E-state index in [9.17, 15) is 4.55 Å². The molecule has 0 amide bonds. The molecule has 3 atom stereocenters. The van der Waals surface area contributed by atoms with Crippen molar-refractivity contribution in [2.75, 3.05) is 18.5 Å². The van der Waals surface area contributed by atoms with Crippen molar-refractivity contribution in [1.82, 2.24) is 34.7 Å². The molecule has 1 aliphatic carbocycles. The van der Waals surface area contributed by atoms with E-state index in [0.717, 1.165) is 41.5 Å². The number of aryl methyl sites for hydroxylation is 1. The first-order chi connectivity index (χ1) is 15.6. The molecule has 3 heterocycles. The van der Waals surface area contributed by atoms with Crippen LogP contribution in [0.4, 0.5) is 5.95 Å². The third-order valence-corrected chi connectivity index (χ3v) is 7.15. The Labute approximate surface area is 187 Å². The number of aliphatic hydroxyl groups excluding tert-OH is 1. The fourth-order valence-electron chi connectivity index (χ4n) is 4.03. The van der Waals surface area contributed by atoms with Gasteiger partial charge in [-0.2, -0.15) is 9.67 Å². The molecule has 0 radical (unpaired) electrons. The molecule has 1 aliphatic rings. The van der Waals surface area contributed by atoms with Crippen LogP contribution >= 0.6 is 0 Å². The second-order valence-corrected chi connectivity index (χ2v) is 9.48. The van der Waals surface area contributed by atoms with Gasteiger partial charge in [-0.25, -0.2) is 4.98 Å². The maximum absolute atomic E-state index is 12.3. The summed E-state index contributed by atoms with van der Waals surface area (Å²) in [6, 6.07) is 10.1. The molecule has 1 saturated carbocycles. The number of rotatable bonds is 7. The van der Waals surface area contributed by atoms with Gasteiger partial charge in [0.15, 0.2) is 11.2 Å². The van der Waals surface area contributed by atoms with Crippen LogP contribution in [0.15, 0.2) is 36.5 Å². The minimum atomic E-state index is -1.15. The lowest BCUT2D eigenvalue weighted by molar-refractivity contribution is 0.300. The van der Waals surface area contributed by atoms with Gasteiger partial charge >= 0.3 is 0 Å². The lowest BCUT2D eigenvalue weighted by Gasteiger charge is -2.17. The molecule has 0 aliphatic heterocycles. The summed E-state index contributed by atoms with van der Waals surface area (Å²) in [6.07, 6.45) is 4.14. The van der Waals surface area contributed by atoms with Crippen molar-refractivity contribution >= 4 is 39.4 Å². The lowest BCUT2D eigenvalue weighted by Crippen LogP contribution is -2.35. The van der Waals surface area contributed by atoms with E-state index in [2.05, 4.69) is 35.3 Å². The van der Waals surface area contributed by atoms with Gasteiger partial charge in [-0.1, -0.05) is 11.3 Å². The molecule has 11 heteroatoms. The molecule has 0 spiro atoms. The SMILES string of the molecule is Cc1ccc2cc(-n3nnc4cnc(NC5CC[C@@H]([S+]([O-])NCCO)C5)nc43)ccc2n1. The largest absolute Gasteiger partial charge is 0.598 e. The molecule has 32 heavy (non-hydrogen) atoms. The van der Waals surface area contributed by atoms with Crippen LogP contribution < -0.4 is 10.0 Å². The summed E-state index contributed by atoms with van der Waals surface area (Å²) >= 11 is -1.15. The fraction of sp³-hybridized carbons (Fsp3) is 0.381. The van der Waals surface area contributed by atoms with Crippen molar-refractivity contribution in [3.05, 3.63) is 42.2 Å². The third-order valence-electron chi connectivity index (χ3n) is 5.63. The average Bonchev–Trinajstić information content (AvgIpc) is 3.44. The van der Waals surface area contributed by atoms with E-state index in [1.807, 2.05) is 37.3 Å². The van der Waals surface area contributed by atoms with Crippen molar-refractivity contribution in [1.29, 1.82) is 0 Å². The maximum atomic E-state index is 12.3. The molecule has 2 unspecified atom stereocenters. The Morgan fingerprint density at radius 3 is 2.97 bits per heavy atom. The average molecular weight is 453 g/mol. The number of hydrogen-bond donors (Lipinski definition) is 3. The number of nitrogens with one attached hydrogen (secondary N) is 2. The molecule has 10 nitrogen and oxygen atoms in total. The first kappa shape index (κ1) is 21.0. The van der Waals surface area contributed by atoms with Crippen LogP contribution in [0.5, 0.6) is 0 Å². The van der Waals surface area contributed by atoms with Gasteiger partial charge < -0.3 is 15.0 Å². The number of aromatic nitrogens is 6. The number of benzene rings is 1. The Balaban J connectivity index is 1.36. The molecular weight excluding hydrogens is 428 g/mol. The third kappa shape index (κ3) is 4.24. The first-order valence-corrected chi connectivity index (χ1v) is 11.8. The van der Waals surface area contributed by atoms with Crippen LogP contribution in [0.3, 0.4) is 0 Å². The predicted octanol–water partition coefficient (Wildman–Crippen LogP) is 1.65. The summed E-state index contributed by atoms with van der Waals surface area (Å²) in [5.74, 6) is 0.499. The quantitative estimate of drug-likeness (QED) is 0.357. The normalized spacial score (nSPS) is 19.6. The van der Waals surface area contributed by atoms with Crippen LogP contribution in [0, 0.1) is 6.92 Å². The van der Waals surface area contributed by atoms with E-state index in [0.29, 0.717) is 23.7 Å². The molecule has 4 aromatic rings. The minimum absolute atomic E-state index is 0.0247. The van der Waals surface area contributed by atoms with Gasteiger partial charge in [-0.15, -0.1) is 9.82 Å². The number of pyridine rings is 1. The fourth-order valence-corrected chi connectivity index (χ4v) is 5.32. The van der Waals surface area contributed by atoms with E-state index >= 15 is 0 Å². The van der Waals surface area contributed by atoms with E-state index in [-0.39, 0.29) is 17.9 Å². The van der Waals surface area contributed by atoms with E-state index in [1.165, 1.54) is 0 Å². The van der Waals surface area contributed by atoms with Crippen LogP contribution in [0.2, 0.25) is 0 Å². The highest BCUT2D eigenvalue weighted by Crippen LogP contribution is 2.27. The highest BCUT2D eigenvalue weighted by Gasteiger charge is 2.33. The number of fused-ring (bicyclic) bond motifs is 2. The van der Waals surface area contributed by atoms with Gasteiger partial charge in [0.2, 0.25) is 5.95 Å². The zero-order valence-corrected chi connectivity index (χ0v) is 18.4. The molecule has 3 aromatic heterocycles. The maximum Gasteiger partial charge on any atom is 0.225 e. The number of hydrogen-bond acceptors (Lipinski definition) is 9. The van der Waals surface area contributed by atoms with Gasteiger partial charge in [0.05, 0.1) is 30.6 Å². The van der Waals surface area contributed by atoms with Gasteiger partial charge in [0.25, 0.3) is 0 Å².